The first kappa shape index (κ1) is 30.9. The smallest absolute Gasteiger partial charge is 0.358 e. The van der Waals surface area contributed by atoms with Gasteiger partial charge in [-0.15, -0.1) is 0 Å². The van der Waals surface area contributed by atoms with Crippen LogP contribution in [0, 0.1) is 11.8 Å². The molecule has 2 aromatic carbocycles. The molecule has 6 rings (SSSR count). The molecule has 2 heterocycles. The van der Waals surface area contributed by atoms with Crippen LogP contribution in [0.1, 0.15) is 47.4 Å². The zero-order chi connectivity index (χ0) is 33.6. The predicted octanol–water partition coefficient (Wildman–Crippen LogP) is 2.16. The molecule has 0 saturated heterocycles. The second kappa shape index (κ2) is 10.2. The molecule has 0 aromatic heterocycles. The fourth-order valence-corrected chi connectivity index (χ4v) is 7.00. The van der Waals surface area contributed by atoms with Crippen molar-refractivity contribution in [1.29, 1.82) is 0 Å². The van der Waals surface area contributed by atoms with E-state index < -0.39 is 104 Å². The van der Waals surface area contributed by atoms with Crippen LogP contribution in [0.2, 0.25) is 0 Å². The number of hydrogen-bond acceptors (Lipinski definition) is 14. The van der Waals surface area contributed by atoms with E-state index in [0.717, 1.165) is 14.2 Å². The number of benzene rings is 2. The molecule has 2 aliphatic heterocycles. The molecule has 242 valence electrons. The predicted molar refractivity (Wildman–Crippen MR) is 154 cm³/mol. The highest BCUT2D eigenvalue weighted by Crippen LogP contribution is 2.54. The molecule has 0 spiro atoms. The summed E-state index contributed by atoms with van der Waals surface area (Å²) in [6.45, 7) is 3.07. The van der Waals surface area contributed by atoms with Gasteiger partial charge >= 0.3 is 11.9 Å². The average Bonchev–Trinajstić information content (AvgIpc) is 3.01. The lowest BCUT2D eigenvalue weighted by molar-refractivity contribution is -0.171. The number of fused-ring (bicyclic) bond motifs is 4. The van der Waals surface area contributed by atoms with E-state index in [0.29, 0.717) is 0 Å². The Morgan fingerprint density at radius 3 is 1.37 bits per heavy atom. The highest BCUT2D eigenvalue weighted by Gasteiger charge is 2.64. The Bertz CT molecular complexity index is 1690. The molecule has 0 saturated carbocycles. The van der Waals surface area contributed by atoms with Crippen molar-refractivity contribution in [2.75, 3.05) is 14.2 Å². The molecular weight excluding hydrogens is 608 g/mol. The fraction of sp³-hybridized carbons (Fsp3) is 0.375. The first-order chi connectivity index (χ1) is 21.7. The standard InChI is InChI=1S/C32H30O14/c1-11-9-15(33)21-25(37)19-17(45-31(21,27(11)39)29(41)43-3)7-5-13(23(19)35)14-6-8-18-20(24(14)36)26(38)22-16(34)10-12(2)28(40)32(22,46-18)30(42)44-4/h5-8,11-12,27-28,33-36,39-40H,9-10H2,1-4H3/t11-,12-,27-,28-,31+,32+/m0/s1. The Morgan fingerprint density at radius 1 is 0.696 bits per heavy atom. The van der Waals surface area contributed by atoms with Crippen molar-refractivity contribution in [3.8, 4) is 34.1 Å². The Balaban J connectivity index is 1.52. The Kier molecular flexibility index (Phi) is 6.87. The number of allylic oxidation sites excluding steroid dienone is 2. The largest absolute Gasteiger partial charge is 0.512 e. The van der Waals surface area contributed by atoms with Crippen molar-refractivity contribution >= 4 is 23.5 Å². The van der Waals surface area contributed by atoms with Gasteiger partial charge in [-0.05, 0) is 36.1 Å². The molecule has 2 aromatic rings. The summed E-state index contributed by atoms with van der Waals surface area (Å²) in [6.07, 6.45) is -3.58. The molecule has 0 bridgehead atoms. The number of hydrogen-bond donors (Lipinski definition) is 6. The average molecular weight is 639 g/mol. The highest BCUT2D eigenvalue weighted by molar-refractivity contribution is 6.21. The van der Waals surface area contributed by atoms with Crippen molar-refractivity contribution < 1.29 is 68.8 Å². The Hall–Kier alpha value is -5.08. The van der Waals surface area contributed by atoms with Crippen molar-refractivity contribution in [2.45, 2.75) is 50.1 Å². The Morgan fingerprint density at radius 2 is 1.04 bits per heavy atom. The summed E-state index contributed by atoms with van der Waals surface area (Å²) in [4.78, 5) is 53.8. The zero-order valence-corrected chi connectivity index (χ0v) is 25.0. The molecule has 14 heteroatoms. The maximum Gasteiger partial charge on any atom is 0.358 e. The summed E-state index contributed by atoms with van der Waals surface area (Å²) in [5, 5.41) is 66.5. The van der Waals surface area contributed by atoms with Gasteiger partial charge in [0.1, 0.15) is 57.9 Å². The first-order valence-electron chi connectivity index (χ1n) is 14.3. The molecule has 6 atom stereocenters. The maximum atomic E-state index is 13.9. The number of aromatic hydroxyl groups is 2. The number of ether oxygens (including phenoxy) is 4. The molecule has 0 unspecified atom stereocenters. The number of methoxy groups -OCH3 is 2. The van der Waals surface area contributed by atoms with Crippen molar-refractivity contribution in [3.63, 3.8) is 0 Å². The summed E-state index contributed by atoms with van der Waals surface area (Å²) >= 11 is 0. The van der Waals surface area contributed by atoms with Crippen LogP contribution in [0.4, 0.5) is 0 Å². The van der Waals surface area contributed by atoms with E-state index in [2.05, 4.69) is 0 Å². The lowest BCUT2D eigenvalue weighted by Gasteiger charge is -2.45. The van der Waals surface area contributed by atoms with Gasteiger partial charge in [0, 0.05) is 24.0 Å². The number of aliphatic hydroxyl groups excluding tert-OH is 4. The fourth-order valence-electron chi connectivity index (χ4n) is 7.00. The van der Waals surface area contributed by atoms with Crippen molar-refractivity contribution in [3.05, 3.63) is 58.1 Å². The van der Waals surface area contributed by atoms with Crippen LogP contribution < -0.4 is 9.47 Å². The van der Waals surface area contributed by atoms with E-state index >= 15 is 0 Å². The number of rotatable bonds is 3. The summed E-state index contributed by atoms with van der Waals surface area (Å²) < 4.78 is 21.4. The summed E-state index contributed by atoms with van der Waals surface area (Å²) in [6, 6.07) is 4.83. The van der Waals surface area contributed by atoms with Crippen molar-refractivity contribution in [1.82, 2.24) is 0 Å². The summed E-state index contributed by atoms with van der Waals surface area (Å²) in [7, 11) is 2.04. The minimum absolute atomic E-state index is 0.183. The van der Waals surface area contributed by atoms with Gasteiger partial charge in [-0.3, -0.25) is 9.59 Å². The number of aliphatic hydroxyl groups is 4. The van der Waals surface area contributed by atoms with Crippen LogP contribution in [0.3, 0.4) is 0 Å². The molecule has 46 heavy (non-hydrogen) atoms. The topological polar surface area (TPSA) is 227 Å². The molecule has 0 fully saturated rings. The number of esters is 2. The lowest BCUT2D eigenvalue weighted by Crippen LogP contribution is -2.63. The second-order valence-electron chi connectivity index (χ2n) is 11.9. The number of Topliss-reactive ketones (excluding diaryl/α,β-unsaturated/α-hetero) is 2. The minimum Gasteiger partial charge on any atom is -0.512 e. The van der Waals surface area contributed by atoms with Crippen LogP contribution in [-0.4, -0.2) is 91.8 Å². The molecule has 0 radical (unpaired) electrons. The normalized spacial score (nSPS) is 29.9. The number of carbonyl (C=O) groups is 4. The van der Waals surface area contributed by atoms with Crippen molar-refractivity contribution in [2.24, 2.45) is 11.8 Å². The third-order valence-electron chi connectivity index (χ3n) is 9.26. The monoisotopic (exact) mass is 638 g/mol. The van der Waals surface area contributed by atoms with Crippen LogP contribution in [0.5, 0.6) is 23.0 Å². The van der Waals surface area contributed by atoms with E-state index in [1.807, 2.05) is 0 Å². The third-order valence-corrected chi connectivity index (χ3v) is 9.26. The molecule has 14 nitrogen and oxygen atoms in total. The van der Waals surface area contributed by atoms with Gasteiger partial charge in [0.15, 0.2) is 0 Å². The lowest BCUT2D eigenvalue weighted by atomic mass is 9.70. The highest BCUT2D eigenvalue weighted by atomic mass is 16.6. The minimum atomic E-state index is -2.42. The zero-order valence-electron chi connectivity index (χ0n) is 25.0. The molecule has 6 N–H and O–H groups in total. The number of phenols is 2. The summed E-state index contributed by atoms with van der Waals surface area (Å²) in [5.74, 6) is -9.12. The van der Waals surface area contributed by atoms with Gasteiger partial charge < -0.3 is 49.6 Å². The Labute approximate surface area is 260 Å². The van der Waals surface area contributed by atoms with Crippen LogP contribution in [0.15, 0.2) is 46.9 Å². The summed E-state index contributed by atoms with van der Waals surface area (Å²) in [5.41, 5.74) is -7.47. The SMILES string of the molecule is COC(=O)[C@@]12Oc3ccc(-c4ccc5c(c4O)C(=O)C4=C(O)C[C@H](C)[C@H](O)[C@]4(C(=O)OC)O5)c(O)c3C(=O)C1=C(O)C[C@H](C)[C@@H]2O. The van der Waals surface area contributed by atoms with E-state index in [-0.39, 0.29) is 35.5 Å². The first-order valence-corrected chi connectivity index (χ1v) is 14.3. The van der Waals surface area contributed by atoms with Gasteiger partial charge in [-0.1, -0.05) is 13.8 Å². The number of carbonyl (C=O) groups excluding carboxylic acids is 4. The second-order valence-corrected chi connectivity index (χ2v) is 11.9. The van der Waals surface area contributed by atoms with E-state index in [4.69, 9.17) is 18.9 Å². The molecular formula is C32H30O14. The molecule has 4 aliphatic rings. The maximum absolute atomic E-state index is 13.9. The molecule has 2 aliphatic carbocycles. The van der Waals surface area contributed by atoms with E-state index in [1.54, 1.807) is 0 Å². The van der Waals surface area contributed by atoms with Crippen LogP contribution in [-0.2, 0) is 19.1 Å². The van der Waals surface area contributed by atoms with Gasteiger partial charge in [-0.25, -0.2) is 9.59 Å². The quantitative estimate of drug-likeness (QED) is 0.265. The van der Waals surface area contributed by atoms with Crippen LogP contribution >= 0.6 is 0 Å². The van der Waals surface area contributed by atoms with Gasteiger partial charge in [0.05, 0.1) is 25.4 Å². The molecule has 0 amide bonds. The van der Waals surface area contributed by atoms with Gasteiger partial charge in [0.25, 0.3) is 11.2 Å². The van der Waals surface area contributed by atoms with Gasteiger partial charge in [-0.2, -0.15) is 0 Å². The number of ketones is 2. The number of phenolic OH excluding ortho intramolecular Hbond substituents is 2. The van der Waals surface area contributed by atoms with Gasteiger partial charge in [0.2, 0.25) is 11.6 Å². The third kappa shape index (κ3) is 3.70. The van der Waals surface area contributed by atoms with E-state index in [1.165, 1.54) is 38.1 Å². The van der Waals surface area contributed by atoms with E-state index in [9.17, 15) is 49.8 Å². The van der Waals surface area contributed by atoms with Crippen LogP contribution in [0.25, 0.3) is 11.1 Å².